The molecule has 0 radical (unpaired) electrons. The predicted molar refractivity (Wildman–Crippen MR) is 69.9 cm³/mol. The van der Waals surface area contributed by atoms with E-state index in [4.69, 9.17) is 4.74 Å². The molecular weight excluding hydrogens is 244 g/mol. The fourth-order valence-electron chi connectivity index (χ4n) is 2.72. The number of carbonyl (C=O) groups excluding carboxylic acids is 1. The number of rotatable bonds is 5. The molecule has 0 heterocycles. The fraction of sp³-hybridized carbons (Fsp3) is 0.467. The Morgan fingerprint density at radius 1 is 1.42 bits per heavy atom. The van der Waals surface area contributed by atoms with Gasteiger partial charge in [-0.15, -0.1) is 0 Å². The van der Waals surface area contributed by atoms with Crippen molar-refractivity contribution in [2.45, 2.75) is 32.1 Å². The van der Waals surface area contributed by atoms with Crippen molar-refractivity contribution in [1.82, 2.24) is 0 Å². The summed E-state index contributed by atoms with van der Waals surface area (Å²) >= 11 is 0. The van der Waals surface area contributed by atoms with E-state index in [-0.39, 0.29) is 12.5 Å². The molecule has 4 heteroatoms. The molecule has 2 atom stereocenters. The molecule has 0 saturated heterocycles. The van der Waals surface area contributed by atoms with Crippen LogP contribution in [0.2, 0.25) is 0 Å². The largest absolute Gasteiger partial charge is 0.481 e. The third kappa shape index (κ3) is 2.95. The molecule has 0 fully saturated rings. The van der Waals surface area contributed by atoms with Crippen molar-refractivity contribution in [3.8, 4) is 0 Å². The molecule has 0 bridgehead atoms. The molecule has 2 rings (SSSR count). The van der Waals surface area contributed by atoms with Crippen molar-refractivity contribution >= 4 is 11.9 Å². The summed E-state index contributed by atoms with van der Waals surface area (Å²) in [6.07, 6.45) is 2.18. The van der Waals surface area contributed by atoms with Crippen molar-refractivity contribution in [3.05, 3.63) is 35.4 Å². The second-order valence-corrected chi connectivity index (χ2v) is 4.81. The first-order chi connectivity index (χ1) is 9.13. The number of esters is 1. The average molecular weight is 262 g/mol. The first-order valence-corrected chi connectivity index (χ1v) is 6.60. The Kier molecular flexibility index (Phi) is 4.20. The minimum atomic E-state index is -1.09. The number of carbonyl (C=O) groups is 2. The highest BCUT2D eigenvalue weighted by molar-refractivity contribution is 5.94. The van der Waals surface area contributed by atoms with Crippen LogP contribution in [-0.2, 0) is 20.7 Å². The average Bonchev–Trinajstić information content (AvgIpc) is 2.79. The quantitative estimate of drug-likeness (QED) is 0.653. The number of ether oxygens (including phenoxy) is 1. The molecule has 0 aromatic heterocycles. The van der Waals surface area contributed by atoms with E-state index in [9.17, 15) is 14.7 Å². The number of aryl methyl sites for hydroxylation is 1. The Hall–Kier alpha value is -1.84. The van der Waals surface area contributed by atoms with Gasteiger partial charge in [-0.25, -0.2) is 0 Å². The first kappa shape index (κ1) is 13.6. The lowest BCUT2D eigenvalue weighted by Gasteiger charge is -2.16. The molecule has 0 aliphatic heterocycles. The first-order valence-electron chi connectivity index (χ1n) is 6.60. The molecular formula is C15H18O4. The van der Waals surface area contributed by atoms with Crippen molar-refractivity contribution in [1.29, 1.82) is 0 Å². The lowest BCUT2D eigenvalue weighted by molar-refractivity contribution is -0.158. The van der Waals surface area contributed by atoms with Crippen molar-refractivity contribution in [3.63, 3.8) is 0 Å². The zero-order chi connectivity index (χ0) is 13.8. The molecule has 0 spiro atoms. The molecule has 4 nitrogen and oxygen atoms in total. The molecule has 0 saturated carbocycles. The van der Waals surface area contributed by atoms with Crippen LogP contribution in [0.15, 0.2) is 24.3 Å². The third-order valence-corrected chi connectivity index (χ3v) is 3.65. The zero-order valence-electron chi connectivity index (χ0n) is 11.0. The van der Waals surface area contributed by atoms with Gasteiger partial charge in [0.2, 0.25) is 0 Å². The summed E-state index contributed by atoms with van der Waals surface area (Å²) in [5, 5.41) is 9.18. The van der Waals surface area contributed by atoms with Gasteiger partial charge in [-0.2, -0.15) is 0 Å². The topological polar surface area (TPSA) is 63.6 Å². The summed E-state index contributed by atoms with van der Waals surface area (Å²) in [7, 11) is 0. The van der Waals surface area contributed by atoms with Crippen LogP contribution in [0, 0.1) is 5.92 Å². The minimum absolute atomic E-state index is 0.140. The van der Waals surface area contributed by atoms with E-state index in [1.807, 2.05) is 18.2 Å². The number of benzene rings is 1. The Morgan fingerprint density at radius 3 is 2.84 bits per heavy atom. The number of hydrogen-bond donors (Lipinski definition) is 1. The van der Waals surface area contributed by atoms with Crippen molar-refractivity contribution in [2.24, 2.45) is 5.92 Å². The van der Waals surface area contributed by atoms with Gasteiger partial charge in [0.05, 0.1) is 6.61 Å². The highest BCUT2D eigenvalue weighted by atomic mass is 16.5. The maximum atomic E-state index is 11.7. The van der Waals surface area contributed by atoms with Gasteiger partial charge in [-0.05, 0) is 43.2 Å². The molecule has 1 aliphatic rings. The van der Waals surface area contributed by atoms with E-state index < -0.39 is 17.9 Å². The Bertz CT molecular complexity index is 481. The summed E-state index contributed by atoms with van der Waals surface area (Å²) in [4.78, 5) is 22.9. The normalized spacial score (nSPS) is 18.7. The van der Waals surface area contributed by atoms with Crippen LogP contribution in [-0.4, -0.2) is 23.7 Å². The van der Waals surface area contributed by atoms with Crippen LogP contribution >= 0.6 is 0 Å². The molecule has 19 heavy (non-hydrogen) atoms. The SMILES string of the molecule is CCOC(=O)C(CC1CCc2ccccc21)C(=O)O. The van der Waals surface area contributed by atoms with E-state index in [1.165, 1.54) is 11.1 Å². The molecule has 102 valence electrons. The van der Waals surface area contributed by atoms with Crippen molar-refractivity contribution < 1.29 is 19.4 Å². The Balaban J connectivity index is 2.11. The van der Waals surface area contributed by atoms with Crippen LogP contribution in [0.5, 0.6) is 0 Å². The van der Waals surface area contributed by atoms with E-state index in [0.29, 0.717) is 6.42 Å². The maximum absolute atomic E-state index is 11.7. The van der Waals surface area contributed by atoms with Gasteiger partial charge >= 0.3 is 11.9 Å². The monoisotopic (exact) mass is 262 g/mol. The fourth-order valence-corrected chi connectivity index (χ4v) is 2.72. The standard InChI is InChI=1S/C15H18O4/c1-2-19-15(18)13(14(16)17)9-11-8-7-10-5-3-4-6-12(10)11/h3-6,11,13H,2,7-9H2,1H3,(H,16,17). The van der Waals surface area contributed by atoms with Gasteiger partial charge in [0.15, 0.2) is 5.92 Å². The second-order valence-electron chi connectivity index (χ2n) is 4.81. The van der Waals surface area contributed by atoms with Crippen LogP contribution in [0.3, 0.4) is 0 Å². The van der Waals surface area contributed by atoms with Gasteiger partial charge in [0.25, 0.3) is 0 Å². The number of hydrogen-bond acceptors (Lipinski definition) is 3. The van der Waals surface area contributed by atoms with Gasteiger partial charge in [-0.3, -0.25) is 9.59 Å². The van der Waals surface area contributed by atoms with Gasteiger partial charge < -0.3 is 9.84 Å². The lowest BCUT2D eigenvalue weighted by atomic mass is 9.90. The maximum Gasteiger partial charge on any atom is 0.320 e. The van der Waals surface area contributed by atoms with Crippen LogP contribution in [0.1, 0.15) is 36.8 Å². The van der Waals surface area contributed by atoms with E-state index in [0.717, 1.165) is 12.8 Å². The smallest absolute Gasteiger partial charge is 0.320 e. The predicted octanol–water partition coefficient (Wildman–Crippen LogP) is 2.37. The molecule has 1 aromatic rings. The van der Waals surface area contributed by atoms with Crippen LogP contribution < -0.4 is 0 Å². The number of aliphatic carboxylic acids is 1. The molecule has 1 aliphatic carbocycles. The van der Waals surface area contributed by atoms with Crippen LogP contribution in [0.25, 0.3) is 0 Å². The highest BCUT2D eigenvalue weighted by Crippen LogP contribution is 2.37. The molecule has 0 amide bonds. The van der Waals surface area contributed by atoms with Crippen molar-refractivity contribution in [2.75, 3.05) is 6.61 Å². The minimum Gasteiger partial charge on any atom is -0.481 e. The Labute approximate surface area is 112 Å². The van der Waals surface area contributed by atoms with E-state index >= 15 is 0 Å². The van der Waals surface area contributed by atoms with Crippen LogP contribution in [0.4, 0.5) is 0 Å². The Morgan fingerprint density at radius 2 is 2.16 bits per heavy atom. The van der Waals surface area contributed by atoms with E-state index in [1.54, 1.807) is 6.92 Å². The molecule has 1 N–H and O–H groups in total. The third-order valence-electron chi connectivity index (χ3n) is 3.65. The number of carboxylic acids is 1. The second kappa shape index (κ2) is 5.87. The molecule has 1 aromatic carbocycles. The van der Waals surface area contributed by atoms with Gasteiger partial charge in [0.1, 0.15) is 0 Å². The zero-order valence-corrected chi connectivity index (χ0v) is 11.0. The molecule has 2 unspecified atom stereocenters. The number of fused-ring (bicyclic) bond motifs is 1. The van der Waals surface area contributed by atoms with Gasteiger partial charge in [-0.1, -0.05) is 24.3 Å². The van der Waals surface area contributed by atoms with Gasteiger partial charge in [0, 0.05) is 0 Å². The summed E-state index contributed by atoms with van der Waals surface area (Å²) < 4.78 is 4.84. The lowest BCUT2D eigenvalue weighted by Crippen LogP contribution is -2.27. The summed E-state index contributed by atoms with van der Waals surface area (Å²) in [6, 6.07) is 8.03. The summed E-state index contributed by atoms with van der Waals surface area (Å²) in [6.45, 7) is 1.89. The summed E-state index contributed by atoms with van der Waals surface area (Å²) in [5.41, 5.74) is 2.44. The highest BCUT2D eigenvalue weighted by Gasteiger charge is 2.33. The summed E-state index contributed by atoms with van der Waals surface area (Å²) in [5.74, 6) is -2.64. The van der Waals surface area contributed by atoms with E-state index in [2.05, 4.69) is 6.07 Å². The number of carboxylic acid groups (broad SMARTS) is 1.